The van der Waals surface area contributed by atoms with Crippen LogP contribution in [-0.4, -0.2) is 40.4 Å². The number of methoxy groups -OCH3 is 1. The molecule has 0 spiro atoms. The minimum absolute atomic E-state index is 0.136. The number of benzene rings is 1. The van der Waals surface area contributed by atoms with Crippen molar-refractivity contribution in [3.8, 4) is 5.75 Å². The summed E-state index contributed by atoms with van der Waals surface area (Å²) in [6.45, 7) is 0. The Morgan fingerprint density at radius 1 is 1.43 bits per heavy atom. The van der Waals surface area contributed by atoms with Crippen LogP contribution in [0.4, 0.5) is 0 Å². The number of likely N-dealkylation sites (N-methyl/N-ethyl adjacent to an activating group) is 1. The Morgan fingerprint density at radius 2 is 2.19 bits per heavy atom. The van der Waals surface area contributed by atoms with Crippen molar-refractivity contribution in [2.45, 2.75) is 18.3 Å². The number of hydrogen-bond donors (Lipinski definition) is 0. The fraction of sp³-hybridized carbons (Fsp3) is 0.357. The van der Waals surface area contributed by atoms with Crippen LogP contribution in [0.1, 0.15) is 18.3 Å². The molecule has 0 bridgehead atoms. The first-order chi connectivity index (χ1) is 10.1. The Kier molecular flexibility index (Phi) is 3.33. The van der Waals surface area contributed by atoms with E-state index in [1.807, 2.05) is 6.07 Å². The third-order valence-corrected chi connectivity index (χ3v) is 4.00. The highest BCUT2D eigenvalue weighted by molar-refractivity contribution is 6.17. The van der Waals surface area contributed by atoms with Gasteiger partial charge < -0.3 is 9.30 Å². The molecule has 7 heteroatoms. The SMILES string of the molecule is COc1ccc2c(c1)nc(CCl)n2C1CC(=O)N(C)C1=O. The maximum atomic E-state index is 12.2. The summed E-state index contributed by atoms with van der Waals surface area (Å²) in [4.78, 5) is 29.6. The van der Waals surface area contributed by atoms with Crippen LogP contribution in [0, 0.1) is 0 Å². The average molecular weight is 308 g/mol. The monoisotopic (exact) mass is 307 g/mol. The van der Waals surface area contributed by atoms with Gasteiger partial charge in [-0.05, 0) is 12.1 Å². The van der Waals surface area contributed by atoms with Crippen LogP contribution in [0.25, 0.3) is 11.0 Å². The van der Waals surface area contributed by atoms with Gasteiger partial charge in [0, 0.05) is 13.1 Å². The predicted octanol–water partition coefficient (Wildman–Crippen LogP) is 1.71. The van der Waals surface area contributed by atoms with Gasteiger partial charge in [0.25, 0.3) is 5.91 Å². The molecule has 1 saturated heterocycles. The zero-order chi connectivity index (χ0) is 15.1. The second-order valence-corrected chi connectivity index (χ2v) is 5.16. The molecule has 0 aliphatic carbocycles. The van der Waals surface area contributed by atoms with Crippen LogP contribution in [0.2, 0.25) is 0 Å². The Morgan fingerprint density at radius 3 is 2.76 bits per heavy atom. The normalized spacial score (nSPS) is 18.8. The molecule has 1 atom stereocenters. The lowest BCUT2D eigenvalue weighted by molar-refractivity contribution is -0.137. The number of amides is 2. The molecular weight excluding hydrogens is 294 g/mol. The molecule has 21 heavy (non-hydrogen) atoms. The molecule has 3 rings (SSSR count). The molecule has 2 aromatic rings. The number of imidazole rings is 1. The molecule has 2 amide bonds. The summed E-state index contributed by atoms with van der Waals surface area (Å²) in [6, 6.07) is 4.83. The summed E-state index contributed by atoms with van der Waals surface area (Å²) in [5.41, 5.74) is 1.47. The van der Waals surface area contributed by atoms with Gasteiger partial charge in [0.1, 0.15) is 17.6 Å². The highest BCUT2D eigenvalue weighted by atomic mass is 35.5. The Bertz CT molecular complexity index is 740. The number of rotatable bonds is 3. The number of carbonyl (C=O) groups is 2. The van der Waals surface area contributed by atoms with Gasteiger partial charge in [-0.25, -0.2) is 4.98 Å². The van der Waals surface area contributed by atoms with E-state index in [4.69, 9.17) is 16.3 Å². The van der Waals surface area contributed by atoms with E-state index in [2.05, 4.69) is 4.98 Å². The average Bonchev–Trinajstić information content (AvgIpc) is 2.98. The van der Waals surface area contributed by atoms with E-state index in [1.54, 1.807) is 23.8 Å². The zero-order valence-electron chi connectivity index (χ0n) is 11.7. The van der Waals surface area contributed by atoms with E-state index in [0.717, 1.165) is 10.4 Å². The molecule has 1 aromatic heterocycles. The summed E-state index contributed by atoms with van der Waals surface area (Å²) < 4.78 is 6.93. The quantitative estimate of drug-likeness (QED) is 0.640. The molecule has 1 aliphatic heterocycles. The summed E-state index contributed by atoms with van der Waals surface area (Å²) in [5, 5.41) is 0. The van der Waals surface area contributed by atoms with Crippen molar-refractivity contribution in [2.24, 2.45) is 0 Å². The maximum absolute atomic E-state index is 12.2. The number of nitrogens with zero attached hydrogens (tertiary/aromatic N) is 3. The standard InChI is InChI=1S/C14H14ClN3O3/c1-17-13(19)6-11(14(17)20)18-10-4-3-8(21-2)5-9(10)16-12(18)7-15/h3-5,11H,6-7H2,1-2H3. The van der Waals surface area contributed by atoms with Crippen molar-refractivity contribution in [1.82, 2.24) is 14.5 Å². The smallest absolute Gasteiger partial charge is 0.252 e. The lowest BCUT2D eigenvalue weighted by Crippen LogP contribution is -2.27. The first kappa shape index (κ1) is 13.9. The first-order valence-corrected chi connectivity index (χ1v) is 7.01. The molecule has 1 fully saturated rings. The molecular formula is C14H14ClN3O3. The Labute approximate surface area is 126 Å². The van der Waals surface area contributed by atoms with E-state index in [-0.39, 0.29) is 24.1 Å². The van der Waals surface area contributed by atoms with Crippen LogP contribution in [-0.2, 0) is 15.5 Å². The number of alkyl halides is 1. The van der Waals surface area contributed by atoms with Gasteiger partial charge in [-0.3, -0.25) is 14.5 Å². The number of ether oxygens (including phenoxy) is 1. The molecule has 1 aromatic carbocycles. The molecule has 6 nitrogen and oxygen atoms in total. The number of halogens is 1. The van der Waals surface area contributed by atoms with Gasteiger partial charge >= 0.3 is 0 Å². The molecule has 0 saturated carbocycles. The second-order valence-electron chi connectivity index (χ2n) is 4.90. The van der Waals surface area contributed by atoms with E-state index in [0.29, 0.717) is 17.1 Å². The van der Waals surface area contributed by atoms with Gasteiger partial charge in [-0.2, -0.15) is 0 Å². The fourth-order valence-corrected chi connectivity index (χ4v) is 2.82. The Hall–Kier alpha value is -2.08. The van der Waals surface area contributed by atoms with Crippen molar-refractivity contribution in [2.75, 3.05) is 14.2 Å². The molecule has 0 N–H and O–H groups in total. The third kappa shape index (κ3) is 2.06. The largest absolute Gasteiger partial charge is 0.497 e. The van der Waals surface area contributed by atoms with Crippen LogP contribution in [0.15, 0.2) is 18.2 Å². The molecule has 1 aliphatic rings. The van der Waals surface area contributed by atoms with E-state index < -0.39 is 6.04 Å². The van der Waals surface area contributed by atoms with Crippen molar-refractivity contribution in [3.05, 3.63) is 24.0 Å². The number of aromatic nitrogens is 2. The lowest BCUT2D eigenvalue weighted by atomic mass is 10.2. The third-order valence-electron chi connectivity index (χ3n) is 3.76. The van der Waals surface area contributed by atoms with Crippen molar-refractivity contribution in [3.63, 3.8) is 0 Å². The van der Waals surface area contributed by atoms with Gasteiger partial charge in [-0.15, -0.1) is 11.6 Å². The van der Waals surface area contributed by atoms with Gasteiger partial charge in [0.2, 0.25) is 5.91 Å². The van der Waals surface area contributed by atoms with E-state index >= 15 is 0 Å². The summed E-state index contributed by atoms with van der Waals surface area (Å²) in [7, 11) is 3.07. The first-order valence-electron chi connectivity index (χ1n) is 6.48. The molecule has 2 heterocycles. The van der Waals surface area contributed by atoms with Gasteiger partial charge in [0.15, 0.2) is 0 Å². The van der Waals surface area contributed by atoms with Crippen LogP contribution >= 0.6 is 11.6 Å². The number of fused-ring (bicyclic) bond motifs is 1. The summed E-state index contributed by atoms with van der Waals surface area (Å²) in [6.07, 6.45) is 0.136. The number of carbonyl (C=O) groups excluding carboxylic acids is 2. The fourth-order valence-electron chi connectivity index (χ4n) is 2.64. The molecule has 1 unspecified atom stereocenters. The predicted molar refractivity (Wildman–Crippen MR) is 77.3 cm³/mol. The van der Waals surface area contributed by atoms with Crippen molar-refractivity contribution < 1.29 is 14.3 Å². The van der Waals surface area contributed by atoms with Gasteiger partial charge in [-0.1, -0.05) is 0 Å². The van der Waals surface area contributed by atoms with Crippen LogP contribution < -0.4 is 4.74 Å². The second kappa shape index (κ2) is 5.04. The molecule has 110 valence electrons. The maximum Gasteiger partial charge on any atom is 0.252 e. The van der Waals surface area contributed by atoms with Crippen LogP contribution in [0.5, 0.6) is 5.75 Å². The highest BCUT2D eigenvalue weighted by Gasteiger charge is 2.39. The zero-order valence-corrected chi connectivity index (χ0v) is 12.4. The lowest BCUT2D eigenvalue weighted by Gasteiger charge is -2.14. The topological polar surface area (TPSA) is 64.4 Å². The van der Waals surface area contributed by atoms with Gasteiger partial charge in [0.05, 0.1) is 30.4 Å². The minimum atomic E-state index is -0.574. The number of hydrogen-bond acceptors (Lipinski definition) is 4. The summed E-state index contributed by atoms with van der Waals surface area (Å²) in [5.74, 6) is 0.988. The van der Waals surface area contributed by atoms with E-state index in [9.17, 15) is 9.59 Å². The van der Waals surface area contributed by atoms with Crippen LogP contribution in [0.3, 0.4) is 0 Å². The minimum Gasteiger partial charge on any atom is -0.497 e. The van der Waals surface area contributed by atoms with Crippen molar-refractivity contribution >= 4 is 34.4 Å². The number of likely N-dealkylation sites (tertiary alicyclic amines) is 1. The summed E-state index contributed by atoms with van der Waals surface area (Å²) >= 11 is 5.95. The molecule has 0 radical (unpaired) electrons. The van der Waals surface area contributed by atoms with E-state index in [1.165, 1.54) is 7.05 Å². The highest BCUT2D eigenvalue weighted by Crippen LogP contribution is 2.31. The Balaban J connectivity index is 2.17. The number of imide groups is 1. The van der Waals surface area contributed by atoms with Crippen molar-refractivity contribution in [1.29, 1.82) is 0 Å².